The van der Waals surface area contributed by atoms with E-state index in [1.807, 2.05) is 30.3 Å². The molecule has 0 aromatic heterocycles. The Morgan fingerprint density at radius 2 is 1.88 bits per heavy atom. The number of halogens is 2. The molecular formula is C20H19BrFN3O. The lowest BCUT2D eigenvalue weighted by Gasteiger charge is -2.37. The van der Waals surface area contributed by atoms with E-state index in [0.717, 1.165) is 41.5 Å². The van der Waals surface area contributed by atoms with Gasteiger partial charge in [-0.3, -0.25) is 14.7 Å². The fourth-order valence-electron chi connectivity index (χ4n) is 3.58. The van der Waals surface area contributed by atoms with Gasteiger partial charge >= 0.3 is 0 Å². The van der Waals surface area contributed by atoms with Crippen molar-refractivity contribution in [3.8, 4) is 0 Å². The first-order chi connectivity index (χ1) is 12.5. The number of carbonyl (C=O) groups excluding carboxylic acids is 1. The summed E-state index contributed by atoms with van der Waals surface area (Å²) in [6.07, 6.45) is 1.52. The van der Waals surface area contributed by atoms with Crippen LogP contribution in [-0.4, -0.2) is 35.3 Å². The molecule has 2 aromatic carbocycles. The van der Waals surface area contributed by atoms with E-state index in [9.17, 15) is 9.18 Å². The van der Waals surface area contributed by atoms with Gasteiger partial charge in [0.25, 0.3) is 5.91 Å². The molecule has 0 atom stereocenters. The van der Waals surface area contributed by atoms with Crippen LogP contribution in [0.2, 0.25) is 0 Å². The Balaban J connectivity index is 1.45. The van der Waals surface area contributed by atoms with Crippen LogP contribution in [0.25, 0.3) is 0 Å². The second-order valence-electron chi connectivity index (χ2n) is 6.86. The molecule has 0 bridgehead atoms. The molecule has 2 aliphatic rings. The van der Waals surface area contributed by atoms with Gasteiger partial charge in [0.15, 0.2) is 0 Å². The summed E-state index contributed by atoms with van der Waals surface area (Å²) in [5.74, 6) is -0.311. The van der Waals surface area contributed by atoms with Gasteiger partial charge in [-0.1, -0.05) is 40.2 Å². The van der Waals surface area contributed by atoms with E-state index < -0.39 is 5.66 Å². The topological polar surface area (TPSA) is 44.7 Å². The van der Waals surface area contributed by atoms with E-state index in [2.05, 4.69) is 26.1 Å². The summed E-state index contributed by atoms with van der Waals surface area (Å²) in [6.45, 7) is 2.34. The summed E-state index contributed by atoms with van der Waals surface area (Å²) in [6, 6.07) is 14.3. The number of rotatable bonds is 3. The van der Waals surface area contributed by atoms with E-state index in [0.29, 0.717) is 12.3 Å². The summed E-state index contributed by atoms with van der Waals surface area (Å²) >= 11 is 3.41. The molecule has 6 heteroatoms. The van der Waals surface area contributed by atoms with Crippen LogP contribution >= 0.6 is 15.9 Å². The van der Waals surface area contributed by atoms with Gasteiger partial charge in [-0.25, -0.2) is 4.39 Å². The van der Waals surface area contributed by atoms with Gasteiger partial charge in [0.05, 0.1) is 0 Å². The minimum atomic E-state index is -0.502. The summed E-state index contributed by atoms with van der Waals surface area (Å²) in [5.41, 5.74) is 1.81. The van der Waals surface area contributed by atoms with Crippen LogP contribution in [0.1, 0.15) is 24.0 Å². The molecule has 1 saturated heterocycles. The maximum absolute atomic E-state index is 13.3. The SMILES string of the molecule is O=C1NC2(CCN(Cc3cccc(F)c3)CC2)N=C1c1ccc(Br)cc1. The van der Waals surface area contributed by atoms with Crippen molar-refractivity contribution in [2.24, 2.45) is 4.99 Å². The fourth-order valence-corrected chi connectivity index (χ4v) is 3.84. The van der Waals surface area contributed by atoms with Crippen molar-refractivity contribution in [1.82, 2.24) is 10.2 Å². The quantitative estimate of drug-likeness (QED) is 0.833. The number of aliphatic imine (C=N–C) groups is 1. The van der Waals surface area contributed by atoms with Crippen molar-refractivity contribution in [2.45, 2.75) is 25.0 Å². The molecule has 4 rings (SSSR count). The monoisotopic (exact) mass is 415 g/mol. The van der Waals surface area contributed by atoms with Crippen molar-refractivity contribution in [3.05, 3.63) is 69.9 Å². The van der Waals surface area contributed by atoms with Gasteiger partial charge in [0.1, 0.15) is 17.2 Å². The van der Waals surface area contributed by atoms with Crippen LogP contribution in [0.3, 0.4) is 0 Å². The summed E-state index contributed by atoms with van der Waals surface area (Å²) in [5, 5.41) is 3.08. The highest BCUT2D eigenvalue weighted by atomic mass is 79.9. The molecule has 2 heterocycles. The Kier molecular flexibility index (Phi) is 4.63. The van der Waals surface area contributed by atoms with Crippen LogP contribution in [0, 0.1) is 5.82 Å². The van der Waals surface area contributed by atoms with Crippen molar-refractivity contribution in [3.63, 3.8) is 0 Å². The Morgan fingerprint density at radius 3 is 2.58 bits per heavy atom. The second kappa shape index (κ2) is 6.93. The van der Waals surface area contributed by atoms with Crippen molar-refractivity contribution in [1.29, 1.82) is 0 Å². The predicted molar refractivity (Wildman–Crippen MR) is 102 cm³/mol. The molecule has 1 spiro atoms. The standard InChI is InChI=1S/C20H19BrFN3O/c21-16-6-4-15(5-7-16)18-19(26)24-20(23-18)8-10-25(11-9-20)13-14-2-1-3-17(22)12-14/h1-7,12H,8-11,13H2,(H,24,26). The van der Waals surface area contributed by atoms with E-state index in [-0.39, 0.29) is 11.7 Å². The lowest BCUT2D eigenvalue weighted by Crippen LogP contribution is -2.50. The lowest BCUT2D eigenvalue weighted by molar-refractivity contribution is -0.115. The molecule has 0 unspecified atom stereocenters. The largest absolute Gasteiger partial charge is 0.326 e. The fraction of sp³-hybridized carbons (Fsp3) is 0.300. The number of benzene rings is 2. The average Bonchev–Trinajstić information content (AvgIpc) is 2.94. The molecule has 2 aliphatic heterocycles. The number of hydrogen-bond donors (Lipinski definition) is 1. The minimum absolute atomic E-state index is 0.106. The van der Waals surface area contributed by atoms with E-state index in [1.54, 1.807) is 12.1 Å². The maximum Gasteiger partial charge on any atom is 0.272 e. The smallest absolute Gasteiger partial charge is 0.272 e. The van der Waals surface area contributed by atoms with Crippen LogP contribution in [-0.2, 0) is 11.3 Å². The van der Waals surface area contributed by atoms with Gasteiger partial charge in [-0.05, 0) is 29.8 Å². The highest BCUT2D eigenvalue weighted by molar-refractivity contribution is 9.10. The van der Waals surface area contributed by atoms with Crippen LogP contribution in [0.15, 0.2) is 58.0 Å². The molecule has 0 saturated carbocycles. The molecule has 26 heavy (non-hydrogen) atoms. The summed E-state index contributed by atoms with van der Waals surface area (Å²) < 4.78 is 14.3. The van der Waals surface area contributed by atoms with Gasteiger partial charge in [-0.15, -0.1) is 0 Å². The van der Waals surface area contributed by atoms with Gasteiger partial charge in [-0.2, -0.15) is 0 Å². The van der Waals surface area contributed by atoms with Gasteiger partial charge < -0.3 is 5.32 Å². The third-order valence-electron chi connectivity index (χ3n) is 4.98. The van der Waals surface area contributed by atoms with Crippen LogP contribution in [0.4, 0.5) is 4.39 Å². The molecule has 0 aliphatic carbocycles. The number of likely N-dealkylation sites (tertiary alicyclic amines) is 1. The Hall–Kier alpha value is -2.05. The third kappa shape index (κ3) is 3.57. The first-order valence-electron chi connectivity index (χ1n) is 8.68. The Bertz CT molecular complexity index is 858. The zero-order valence-electron chi connectivity index (χ0n) is 14.2. The molecular weight excluding hydrogens is 397 g/mol. The van der Waals surface area contributed by atoms with E-state index in [4.69, 9.17) is 4.99 Å². The zero-order valence-corrected chi connectivity index (χ0v) is 15.8. The number of nitrogens with one attached hydrogen (secondary N) is 1. The van der Waals surface area contributed by atoms with E-state index in [1.165, 1.54) is 6.07 Å². The predicted octanol–water partition coefficient (Wildman–Crippen LogP) is 3.50. The lowest BCUT2D eigenvalue weighted by atomic mass is 9.97. The van der Waals surface area contributed by atoms with E-state index >= 15 is 0 Å². The Labute approximate surface area is 160 Å². The summed E-state index contributed by atoms with van der Waals surface area (Å²) in [4.78, 5) is 19.5. The normalized spacial score (nSPS) is 19.5. The molecule has 0 radical (unpaired) electrons. The van der Waals surface area contributed by atoms with Crippen molar-refractivity contribution in [2.75, 3.05) is 13.1 Å². The number of carbonyl (C=O) groups is 1. The molecule has 2 aromatic rings. The first kappa shape index (κ1) is 17.4. The average molecular weight is 416 g/mol. The van der Waals surface area contributed by atoms with Crippen molar-refractivity contribution >= 4 is 27.5 Å². The molecule has 1 N–H and O–H groups in total. The van der Waals surface area contributed by atoms with Gasteiger partial charge in [0, 0.05) is 42.5 Å². The summed E-state index contributed by atoms with van der Waals surface area (Å²) in [7, 11) is 0. The third-order valence-corrected chi connectivity index (χ3v) is 5.51. The number of nitrogens with zero attached hydrogens (tertiary/aromatic N) is 2. The highest BCUT2D eigenvalue weighted by Crippen LogP contribution is 2.29. The number of piperidine rings is 1. The second-order valence-corrected chi connectivity index (χ2v) is 7.77. The molecule has 1 fully saturated rings. The number of hydrogen-bond acceptors (Lipinski definition) is 3. The first-order valence-corrected chi connectivity index (χ1v) is 9.47. The van der Waals surface area contributed by atoms with Crippen LogP contribution < -0.4 is 5.32 Å². The number of amides is 1. The zero-order chi connectivity index (χ0) is 18.1. The highest BCUT2D eigenvalue weighted by Gasteiger charge is 2.41. The van der Waals surface area contributed by atoms with Crippen molar-refractivity contribution < 1.29 is 9.18 Å². The van der Waals surface area contributed by atoms with Crippen LogP contribution in [0.5, 0.6) is 0 Å². The molecule has 1 amide bonds. The van der Waals surface area contributed by atoms with Gasteiger partial charge in [0.2, 0.25) is 0 Å². The maximum atomic E-state index is 13.3. The minimum Gasteiger partial charge on any atom is -0.326 e. The molecule has 4 nitrogen and oxygen atoms in total. The molecule has 134 valence electrons. The Morgan fingerprint density at radius 1 is 1.15 bits per heavy atom.